The molecule has 0 aliphatic carbocycles. The molecular formula is C14H17FN2S. The number of aryl methyl sites for hydroxylation is 1. The monoisotopic (exact) mass is 264 g/mol. The molecule has 0 aliphatic rings. The molecule has 0 atom stereocenters. The van der Waals surface area contributed by atoms with Crippen molar-refractivity contribution in [2.75, 3.05) is 0 Å². The topological polar surface area (TPSA) is 17.8 Å². The standard InChI is InChI=1S/C14H17FN2S/c1-9(2)13-14(17(4)10(3)16-13)18-12-7-5-6-11(15)8-12/h5-9H,1-4H3. The molecule has 0 spiro atoms. The van der Waals surface area contributed by atoms with Gasteiger partial charge in [-0.2, -0.15) is 0 Å². The van der Waals surface area contributed by atoms with Gasteiger partial charge in [-0.1, -0.05) is 31.7 Å². The van der Waals surface area contributed by atoms with E-state index in [1.54, 1.807) is 23.9 Å². The summed E-state index contributed by atoms with van der Waals surface area (Å²) >= 11 is 1.56. The first-order chi connectivity index (χ1) is 8.49. The predicted molar refractivity (Wildman–Crippen MR) is 72.6 cm³/mol. The number of hydrogen-bond acceptors (Lipinski definition) is 2. The minimum atomic E-state index is -0.204. The van der Waals surface area contributed by atoms with E-state index in [-0.39, 0.29) is 5.82 Å². The van der Waals surface area contributed by atoms with Gasteiger partial charge in [0.05, 0.1) is 5.69 Å². The lowest BCUT2D eigenvalue weighted by Crippen LogP contribution is -1.95. The number of halogens is 1. The molecule has 96 valence electrons. The molecule has 2 rings (SSSR count). The Kier molecular flexibility index (Phi) is 3.76. The first-order valence-electron chi connectivity index (χ1n) is 5.95. The largest absolute Gasteiger partial charge is 0.326 e. The van der Waals surface area contributed by atoms with E-state index in [2.05, 4.69) is 23.4 Å². The lowest BCUT2D eigenvalue weighted by atomic mass is 10.2. The van der Waals surface area contributed by atoms with Gasteiger partial charge in [-0.05, 0) is 31.0 Å². The summed E-state index contributed by atoms with van der Waals surface area (Å²) in [6.07, 6.45) is 0. The van der Waals surface area contributed by atoms with Crippen LogP contribution in [0.25, 0.3) is 0 Å². The van der Waals surface area contributed by atoms with E-state index < -0.39 is 0 Å². The molecule has 4 heteroatoms. The summed E-state index contributed by atoms with van der Waals surface area (Å²) < 4.78 is 15.3. The van der Waals surface area contributed by atoms with E-state index >= 15 is 0 Å². The molecule has 0 fully saturated rings. The Bertz CT molecular complexity index is 561. The summed E-state index contributed by atoms with van der Waals surface area (Å²) in [6, 6.07) is 6.66. The highest BCUT2D eigenvalue weighted by Gasteiger charge is 2.16. The molecule has 2 aromatic rings. The van der Waals surface area contributed by atoms with E-state index in [0.717, 1.165) is 21.4 Å². The molecule has 0 radical (unpaired) electrons. The van der Waals surface area contributed by atoms with Crippen molar-refractivity contribution < 1.29 is 4.39 Å². The van der Waals surface area contributed by atoms with Gasteiger partial charge < -0.3 is 4.57 Å². The lowest BCUT2D eigenvalue weighted by molar-refractivity contribution is 0.624. The van der Waals surface area contributed by atoms with E-state index in [1.165, 1.54) is 6.07 Å². The van der Waals surface area contributed by atoms with Crippen LogP contribution >= 0.6 is 11.8 Å². The Balaban J connectivity index is 2.39. The summed E-state index contributed by atoms with van der Waals surface area (Å²) in [4.78, 5) is 5.48. The zero-order chi connectivity index (χ0) is 13.3. The van der Waals surface area contributed by atoms with Crippen LogP contribution in [0.15, 0.2) is 34.2 Å². The number of imidazole rings is 1. The fourth-order valence-corrected chi connectivity index (χ4v) is 2.95. The van der Waals surface area contributed by atoms with Gasteiger partial charge in [0.25, 0.3) is 0 Å². The highest BCUT2D eigenvalue weighted by molar-refractivity contribution is 7.99. The van der Waals surface area contributed by atoms with Crippen LogP contribution in [0.4, 0.5) is 4.39 Å². The number of aromatic nitrogens is 2. The number of hydrogen-bond donors (Lipinski definition) is 0. The van der Waals surface area contributed by atoms with Crippen molar-refractivity contribution >= 4 is 11.8 Å². The second-order valence-electron chi connectivity index (χ2n) is 4.62. The first kappa shape index (κ1) is 13.1. The molecule has 1 aromatic carbocycles. The molecule has 18 heavy (non-hydrogen) atoms. The number of benzene rings is 1. The average Bonchev–Trinajstić information content (AvgIpc) is 2.57. The van der Waals surface area contributed by atoms with Crippen LogP contribution in [-0.4, -0.2) is 9.55 Å². The molecule has 0 unspecified atom stereocenters. The quantitative estimate of drug-likeness (QED) is 0.829. The maximum absolute atomic E-state index is 13.2. The molecule has 1 aromatic heterocycles. The van der Waals surface area contributed by atoms with Crippen molar-refractivity contribution in [1.29, 1.82) is 0 Å². The van der Waals surface area contributed by atoms with Gasteiger partial charge >= 0.3 is 0 Å². The summed E-state index contributed by atoms with van der Waals surface area (Å²) in [6.45, 7) is 6.23. The average molecular weight is 264 g/mol. The lowest BCUT2D eigenvalue weighted by Gasteiger charge is -2.08. The van der Waals surface area contributed by atoms with Crippen molar-refractivity contribution in [3.05, 3.63) is 41.6 Å². The Morgan fingerprint density at radius 3 is 2.67 bits per heavy atom. The van der Waals surface area contributed by atoms with E-state index in [0.29, 0.717) is 5.92 Å². The van der Waals surface area contributed by atoms with Crippen molar-refractivity contribution in [3.63, 3.8) is 0 Å². The maximum atomic E-state index is 13.2. The summed E-state index contributed by atoms with van der Waals surface area (Å²) in [5.74, 6) is 1.14. The fraction of sp³-hybridized carbons (Fsp3) is 0.357. The molecule has 0 amide bonds. The molecule has 0 saturated carbocycles. The summed E-state index contributed by atoms with van der Waals surface area (Å²) in [7, 11) is 2.00. The molecule has 1 heterocycles. The van der Waals surface area contributed by atoms with Crippen molar-refractivity contribution in [1.82, 2.24) is 9.55 Å². The van der Waals surface area contributed by atoms with E-state index in [9.17, 15) is 4.39 Å². The Hall–Kier alpha value is -1.29. The third-order valence-electron chi connectivity index (χ3n) is 2.85. The van der Waals surface area contributed by atoms with Gasteiger partial charge in [0.2, 0.25) is 0 Å². The molecule has 0 bridgehead atoms. The van der Waals surface area contributed by atoms with Crippen molar-refractivity contribution in [2.24, 2.45) is 7.05 Å². The minimum Gasteiger partial charge on any atom is -0.326 e. The van der Waals surface area contributed by atoms with Crippen LogP contribution in [-0.2, 0) is 7.05 Å². The Morgan fingerprint density at radius 2 is 2.06 bits per heavy atom. The molecule has 0 aliphatic heterocycles. The second kappa shape index (κ2) is 5.14. The van der Waals surface area contributed by atoms with Crippen molar-refractivity contribution in [3.8, 4) is 0 Å². The van der Waals surface area contributed by atoms with Gasteiger partial charge in [-0.25, -0.2) is 9.37 Å². The van der Waals surface area contributed by atoms with Crippen LogP contribution in [0, 0.1) is 12.7 Å². The van der Waals surface area contributed by atoms with Gasteiger partial charge in [-0.15, -0.1) is 0 Å². The van der Waals surface area contributed by atoms with Crippen LogP contribution in [0.2, 0.25) is 0 Å². The zero-order valence-electron chi connectivity index (χ0n) is 11.1. The number of rotatable bonds is 3. The maximum Gasteiger partial charge on any atom is 0.124 e. The normalized spacial score (nSPS) is 11.2. The molecule has 0 N–H and O–H groups in total. The van der Waals surface area contributed by atoms with Crippen LogP contribution in [0.3, 0.4) is 0 Å². The predicted octanol–water partition coefficient (Wildman–Crippen LogP) is 4.14. The van der Waals surface area contributed by atoms with Crippen molar-refractivity contribution in [2.45, 2.75) is 36.6 Å². The first-order valence-corrected chi connectivity index (χ1v) is 6.77. The van der Waals surface area contributed by atoms with E-state index in [4.69, 9.17) is 0 Å². The van der Waals surface area contributed by atoms with Crippen LogP contribution < -0.4 is 0 Å². The molecular weight excluding hydrogens is 247 g/mol. The smallest absolute Gasteiger partial charge is 0.124 e. The highest BCUT2D eigenvalue weighted by Crippen LogP contribution is 2.34. The third kappa shape index (κ3) is 2.58. The van der Waals surface area contributed by atoms with Crippen LogP contribution in [0.1, 0.15) is 31.3 Å². The second-order valence-corrected chi connectivity index (χ2v) is 5.68. The summed E-state index contributed by atoms with van der Waals surface area (Å²) in [5.41, 5.74) is 1.07. The summed E-state index contributed by atoms with van der Waals surface area (Å²) in [5, 5.41) is 1.09. The Labute approximate surface area is 111 Å². The van der Waals surface area contributed by atoms with Gasteiger partial charge in [0.15, 0.2) is 0 Å². The minimum absolute atomic E-state index is 0.204. The van der Waals surface area contributed by atoms with Gasteiger partial charge in [-0.3, -0.25) is 0 Å². The SMILES string of the molecule is Cc1nc(C(C)C)c(Sc2cccc(F)c2)n1C. The third-order valence-corrected chi connectivity index (χ3v) is 4.01. The van der Waals surface area contributed by atoms with Gasteiger partial charge in [0.1, 0.15) is 16.7 Å². The molecule has 0 saturated heterocycles. The highest BCUT2D eigenvalue weighted by atomic mass is 32.2. The zero-order valence-corrected chi connectivity index (χ0v) is 11.9. The molecule has 2 nitrogen and oxygen atoms in total. The van der Waals surface area contributed by atoms with Gasteiger partial charge in [0, 0.05) is 11.9 Å². The fourth-order valence-electron chi connectivity index (χ4n) is 1.75. The number of nitrogens with zero attached hydrogens (tertiary/aromatic N) is 2. The van der Waals surface area contributed by atoms with E-state index in [1.807, 2.05) is 20.0 Å². The van der Waals surface area contributed by atoms with Crippen LogP contribution in [0.5, 0.6) is 0 Å². The Morgan fingerprint density at radius 1 is 1.33 bits per heavy atom.